The number of rotatable bonds is 5. The summed E-state index contributed by atoms with van der Waals surface area (Å²) in [5, 5.41) is 9.18. The summed E-state index contributed by atoms with van der Waals surface area (Å²) in [5.41, 5.74) is 0.104. The zero-order valence-corrected chi connectivity index (χ0v) is 20.6. The van der Waals surface area contributed by atoms with E-state index in [2.05, 4.69) is 15.2 Å². The maximum atomic E-state index is 15.0. The largest absolute Gasteiger partial charge is 0.373 e. The van der Waals surface area contributed by atoms with Crippen LogP contribution in [0.1, 0.15) is 72.7 Å². The topological polar surface area (TPSA) is 74.3 Å². The molecular weight excluding hydrogens is 507 g/mol. The Morgan fingerprint density at radius 2 is 1.97 bits per heavy atom. The van der Waals surface area contributed by atoms with Gasteiger partial charge in [-0.2, -0.15) is 14.7 Å². The fourth-order valence-electron chi connectivity index (χ4n) is 4.91. The zero-order chi connectivity index (χ0) is 25.8. The van der Waals surface area contributed by atoms with E-state index < -0.39 is 23.5 Å². The van der Waals surface area contributed by atoms with Crippen molar-refractivity contribution in [3.05, 3.63) is 80.4 Å². The average Bonchev–Trinajstić information content (AvgIpc) is 3.62. The van der Waals surface area contributed by atoms with Gasteiger partial charge in [-0.3, -0.25) is 9.48 Å². The summed E-state index contributed by atoms with van der Waals surface area (Å²) in [6.07, 6.45) is 4.10. The van der Waals surface area contributed by atoms with Gasteiger partial charge in [0.1, 0.15) is 11.5 Å². The summed E-state index contributed by atoms with van der Waals surface area (Å²) in [6, 6.07) is 6.17. The molecular formula is C26H23ClF3N5O2. The number of nitrogens with zero attached hydrogens (tertiary/aromatic N) is 5. The fourth-order valence-corrected chi connectivity index (χ4v) is 5.07. The quantitative estimate of drug-likeness (QED) is 0.319. The van der Waals surface area contributed by atoms with E-state index in [0.29, 0.717) is 31.2 Å². The first-order valence-electron chi connectivity index (χ1n) is 12.1. The van der Waals surface area contributed by atoms with Crippen LogP contribution in [0, 0.1) is 12.7 Å². The van der Waals surface area contributed by atoms with E-state index in [1.165, 1.54) is 19.1 Å². The Bertz CT molecular complexity index is 1570. The van der Waals surface area contributed by atoms with E-state index >= 15 is 4.39 Å². The first kappa shape index (κ1) is 24.1. The van der Waals surface area contributed by atoms with Crippen LogP contribution in [0.25, 0.3) is 16.8 Å². The Morgan fingerprint density at radius 3 is 2.70 bits per heavy atom. The number of benzene rings is 1. The highest BCUT2D eigenvalue weighted by Gasteiger charge is 2.31. The number of fused-ring (bicyclic) bond motifs is 1. The summed E-state index contributed by atoms with van der Waals surface area (Å²) in [7, 11) is 0. The van der Waals surface area contributed by atoms with Gasteiger partial charge < -0.3 is 4.74 Å². The second-order valence-electron chi connectivity index (χ2n) is 9.64. The van der Waals surface area contributed by atoms with Gasteiger partial charge in [0, 0.05) is 46.0 Å². The molecule has 7 nitrogen and oxygen atoms in total. The van der Waals surface area contributed by atoms with Crippen LogP contribution in [0.2, 0.25) is 5.02 Å². The van der Waals surface area contributed by atoms with E-state index in [1.54, 1.807) is 6.07 Å². The summed E-state index contributed by atoms with van der Waals surface area (Å²) in [5.74, 6) is -0.777. The minimum Gasteiger partial charge on any atom is -0.373 e. The van der Waals surface area contributed by atoms with Gasteiger partial charge in [-0.25, -0.2) is 18.2 Å². The summed E-state index contributed by atoms with van der Waals surface area (Å²) in [4.78, 5) is 17.2. The molecule has 0 spiro atoms. The highest BCUT2D eigenvalue weighted by molar-refractivity contribution is 6.30. The number of aromatic nitrogens is 5. The monoisotopic (exact) mass is 529 g/mol. The summed E-state index contributed by atoms with van der Waals surface area (Å²) < 4.78 is 51.4. The zero-order valence-electron chi connectivity index (χ0n) is 19.9. The second-order valence-corrected chi connectivity index (χ2v) is 10.1. The van der Waals surface area contributed by atoms with Crippen molar-refractivity contribution < 1.29 is 17.9 Å². The minimum absolute atomic E-state index is 0.0934. The highest BCUT2D eigenvalue weighted by atomic mass is 35.5. The molecule has 1 aliphatic heterocycles. The molecule has 192 valence electrons. The Labute approximate surface area is 214 Å². The lowest BCUT2D eigenvalue weighted by Gasteiger charge is -2.29. The number of ether oxygens (including phenoxy) is 1. The third-order valence-corrected chi connectivity index (χ3v) is 7.35. The predicted octanol–water partition coefficient (Wildman–Crippen LogP) is 5.96. The Hall–Kier alpha value is -3.24. The van der Waals surface area contributed by atoms with E-state index in [-0.39, 0.29) is 39.4 Å². The Morgan fingerprint density at radius 1 is 1.16 bits per heavy atom. The minimum atomic E-state index is -2.96. The van der Waals surface area contributed by atoms with E-state index in [9.17, 15) is 13.6 Å². The molecule has 4 heterocycles. The molecule has 6 rings (SSSR count). The lowest BCUT2D eigenvalue weighted by molar-refractivity contribution is 0.00443. The molecule has 11 heteroatoms. The van der Waals surface area contributed by atoms with Crippen LogP contribution in [-0.2, 0) is 4.74 Å². The van der Waals surface area contributed by atoms with Crippen molar-refractivity contribution in [2.45, 2.75) is 57.1 Å². The summed E-state index contributed by atoms with van der Waals surface area (Å²) >= 11 is 5.94. The smallest absolute Gasteiger partial charge is 0.280 e. The molecule has 0 amide bonds. The lowest BCUT2D eigenvalue weighted by atomic mass is 9.89. The van der Waals surface area contributed by atoms with Crippen LogP contribution in [0.3, 0.4) is 0 Å². The molecule has 2 unspecified atom stereocenters. The van der Waals surface area contributed by atoms with Crippen LogP contribution in [0.5, 0.6) is 0 Å². The van der Waals surface area contributed by atoms with Crippen LogP contribution in [0.4, 0.5) is 13.2 Å². The van der Waals surface area contributed by atoms with Crippen LogP contribution in [-0.4, -0.2) is 31.0 Å². The molecule has 1 saturated carbocycles. The van der Waals surface area contributed by atoms with Gasteiger partial charge in [0.15, 0.2) is 5.65 Å². The summed E-state index contributed by atoms with van der Waals surface area (Å²) in [6.45, 7) is 1.76. The molecule has 2 atom stereocenters. The van der Waals surface area contributed by atoms with E-state index in [1.807, 2.05) is 17.1 Å². The number of alkyl halides is 2. The van der Waals surface area contributed by atoms with Gasteiger partial charge >= 0.3 is 0 Å². The predicted molar refractivity (Wildman–Crippen MR) is 131 cm³/mol. The van der Waals surface area contributed by atoms with Crippen molar-refractivity contribution in [3.8, 4) is 11.1 Å². The molecule has 0 N–H and O–H groups in total. The van der Waals surface area contributed by atoms with Gasteiger partial charge in [0.2, 0.25) is 0 Å². The van der Waals surface area contributed by atoms with Crippen molar-refractivity contribution in [1.82, 2.24) is 24.4 Å². The maximum Gasteiger partial charge on any atom is 0.280 e. The van der Waals surface area contributed by atoms with Crippen LogP contribution in [0.15, 0.2) is 41.5 Å². The lowest BCUT2D eigenvalue weighted by Crippen LogP contribution is -2.26. The van der Waals surface area contributed by atoms with E-state index in [0.717, 1.165) is 29.0 Å². The van der Waals surface area contributed by atoms with Crippen molar-refractivity contribution >= 4 is 17.2 Å². The SMILES string of the molecule is Cc1c(C(F)F)nc2c(-c3ccc(Cl)cc3F)cc(C3CCOC(c4cnn(C5CC5)c4)C3)nn2c1=O. The van der Waals surface area contributed by atoms with Crippen LogP contribution >= 0.6 is 11.6 Å². The molecule has 3 aromatic heterocycles. The molecule has 1 aromatic carbocycles. The van der Waals surface area contributed by atoms with Crippen molar-refractivity contribution in [3.63, 3.8) is 0 Å². The van der Waals surface area contributed by atoms with Gasteiger partial charge in [0.25, 0.3) is 12.0 Å². The Balaban J connectivity index is 1.47. The van der Waals surface area contributed by atoms with Gasteiger partial charge in [-0.15, -0.1) is 0 Å². The molecule has 4 aromatic rings. The molecule has 1 aliphatic carbocycles. The van der Waals surface area contributed by atoms with Gasteiger partial charge in [-0.1, -0.05) is 11.6 Å². The first-order chi connectivity index (χ1) is 17.8. The van der Waals surface area contributed by atoms with Crippen molar-refractivity contribution in [1.29, 1.82) is 0 Å². The van der Waals surface area contributed by atoms with Crippen molar-refractivity contribution in [2.75, 3.05) is 6.61 Å². The third-order valence-electron chi connectivity index (χ3n) is 7.12. The van der Waals surface area contributed by atoms with Crippen LogP contribution < -0.4 is 5.56 Å². The standard InChI is InChI=1S/C26H23ClF3N5O2/c1-13-23(24(29)30)32-25-19(18-5-2-16(27)9-20(18)28)10-21(33-35(25)26(13)36)14-6-7-37-22(8-14)15-11-31-34(12-15)17-3-4-17/h2,5,9-12,14,17,22,24H,3-4,6-8H2,1H3. The normalized spacial score (nSPS) is 20.2. The Kier molecular flexibility index (Phi) is 6.03. The molecule has 1 saturated heterocycles. The third kappa shape index (κ3) is 4.42. The highest BCUT2D eigenvalue weighted by Crippen LogP contribution is 2.40. The second kappa shape index (κ2) is 9.25. The number of hydrogen-bond acceptors (Lipinski definition) is 5. The van der Waals surface area contributed by atoms with E-state index in [4.69, 9.17) is 16.3 Å². The molecule has 37 heavy (non-hydrogen) atoms. The van der Waals surface area contributed by atoms with Gasteiger partial charge in [0.05, 0.1) is 24.0 Å². The van der Waals surface area contributed by atoms with Crippen molar-refractivity contribution in [2.24, 2.45) is 0 Å². The molecule has 0 bridgehead atoms. The number of hydrogen-bond donors (Lipinski definition) is 0. The van der Waals surface area contributed by atoms with Gasteiger partial charge in [-0.05, 0) is 56.9 Å². The molecule has 2 fully saturated rings. The maximum absolute atomic E-state index is 15.0. The average molecular weight is 530 g/mol. The molecule has 0 radical (unpaired) electrons. The first-order valence-corrected chi connectivity index (χ1v) is 12.5. The molecule has 2 aliphatic rings. The number of halogens is 4. The fraction of sp³-hybridized carbons (Fsp3) is 0.385.